The van der Waals surface area contributed by atoms with E-state index in [0.717, 1.165) is 89.7 Å². The molecule has 0 saturated carbocycles. The van der Waals surface area contributed by atoms with E-state index in [1.807, 2.05) is 157 Å². The minimum atomic E-state index is -0.116. The number of nitrogens with one attached hydrogen (secondary N) is 2. The fourth-order valence-corrected chi connectivity index (χ4v) is 8.05. The summed E-state index contributed by atoms with van der Waals surface area (Å²) in [6.45, 7) is 8.19. The van der Waals surface area contributed by atoms with Crippen molar-refractivity contribution in [1.29, 1.82) is 0 Å². The van der Waals surface area contributed by atoms with Gasteiger partial charge in [-0.25, -0.2) is 9.97 Å². The predicted molar refractivity (Wildman–Crippen MR) is 263 cm³/mol. The number of hydrogen-bond acceptors (Lipinski definition) is 6. The molecule has 2 amide bonds. The Balaban J connectivity index is 0.000000166. The molecule has 0 bridgehead atoms. The van der Waals surface area contributed by atoms with Crippen molar-refractivity contribution in [3.63, 3.8) is 0 Å². The summed E-state index contributed by atoms with van der Waals surface area (Å²) in [4.78, 5) is 43.9. The summed E-state index contributed by atoms with van der Waals surface area (Å²) < 4.78 is 4.06. The molecule has 0 spiro atoms. The van der Waals surface area contributed by atoms with Crippen molar-refractivity contribution in [1.82, 2.24) is 28.7 Å². The lowest BCUT2D eigenvalue weighted by molar-refractivity contribution is 0.101. The smallest absolute Gasteiger partial charge is 0.255 e. The first-order valence-electron chi connectivity index (χ1n) is 21.8. The van der Waals surface area contributed by atoms with Gasteiger partial charge in [0.05, 0.1) is 11.4 Å². The highest BCUT2D eigenvalue weighted by Gasteiger charge is 2.16. The van der Waals surface area contributed by atoms with Gasteiger partial charge in [0.15, 0.2) is 0 Å². The first-order valence-corrected chi connectivity index (χ1v) is 21.8. The van der Waals surface area contributed by atoms with Gasteiger partial charge in [-0.15, -0.1) is 0 Å². The fraction of sp³-hybridized carbons (Fsp3) is 0.107. The van der Waals surface area contributed by atoms with Crippen molar-refractivity contribution in [2.24, 2.45) is 0 Å². The van der Waals surface area contributed by atoms with Crippen LogP contribution in [0.4, 0.5) is 11.4 Å². The van der Waals surface area contributed by atoms with E-state index >= 15 is 0 Å². The second-order valence-corrected chi connectivity index (χ2v) is 16.5. The van der Waals surface area contributed by atoms with Gasteiger partial charge in [0.2, 0.25) is 0 Å². The maximum absolute atomic E-state index is 13.1. The van der Waals surface area contributed by atoms with Crippen LogP contribution in [0.3, 0.4) is 0 Å². The SMILES string of the molecule is Cc1ccc(C(=O)Nc2ccc(-c3cn4cccc(C)c4n3)cc2)c(Cc2ccncc2)c1.Cc1ccc(C(=O)Nc2ccc(-c3cn4cccc(C)c4n3)cc2)c(Cc2ccncc2)c1. The average molecular weight is 865 g/mol. The molecular formula is C56H48N8O2. The molecule has 10 rings (SSSR count). The zero-order valence-corrected chi connectivity index (χ0v) is 37.2. The van der Waals surface area contributed by atoms with Crippen LogP contribution in [-0.2, 0) is 12.8 Å². The highest BCUT2D eigenvalue weighted by atomic mass is 16.2. The molecule has 6 heterocycles. The molecule has 324 valence electrons. The molecule has 10 aromatic rings. The van der Waals surface area contributed by atoms with Gasteiger partial charge in [-0.05, 0) is 147 Å². The molecule has 0 radical (unpaired) electrons. The number of benzene rings is 4. The van der Waals surface area contributed by atoms with Crippen LogP contribution in [0.5, 0.6) is 0 Å². The molecule has 0 fully saturated rings. The molecule has 0 saturated heterocycles. The van der Waals surface area contributed by atoms with Gasteiger partial charge in [0.25, 0.3) is 11.8 Å². The van der Waals surface area contributed by atoms with Crippen LogP contribution in [0, 0.1) is 27.7 Å². The lowest BCUT2D eigenvalue weighted by atomic mass is 9.97. The Morgan fingerprint density at radius 3 is 1.26 bits per heavy atom. The number of aryl methyl sites for hydroxylation is 4. The third kappa shape index (κ3) is 9.83. The molecule has 2 N–H and O–H groups in total. The van der Waals surface area contributed by atoms with E-state index in [9.17, 15) is 9.59 Å². The Bertz CT molecular complexity index is 3100. The molecule has 4 aromatic carbocycles. The number of amides is 2. The van der Waals surface area contributed by atoms with Crippen LogP contribution >= 0.6 is 0 Å². The molecule has 0 aliphatic heterocycles. The van der Waals surface area contributed by atoms with Crippen molar-refractivity contribution < 1.29 is 9.59 Å². The molecule has 10 nitrogen and oxygen atoms in total. The lowest BCUT2D eigenvalue weighted by Gasteiger charge is -2.12. The molecule has 6 aromatic heterocycles. The molecular weight excluding hydrogens is 817 g/mol. The predicted octanol–water partition coefficient (Wildman–Crippen LogP) is 11.7. The molecule has 0 aliphatic rings. The van der Waals surface area contributed by atoms with Crippen molar-refractivity contribution in [2.45, 2.75) is 40.5 Å². The lowest BCUT2D eigenvalue weighted by Crippen LogP contribution is -2.14. The Kier molecular flexibility index (Phi) is 12.4. The van der Waals surface area contributed by atoms with Gasteiger partial charge in [-0.1, -0.05) is 71.8 Å². The molecule has 66 heavy (non-hydrogen) atoms. The number of hydrogen-bond donors (Lipinski definition) is 2. The van der Waals surface area contributed by atoms with Gasteiger partial charge in [0, 0.05) is 83.2 Å². The van der Waals surface area contributed by atoms with E-state index in [2.05, 4.69) is 58.7 Å². The molecule has 0 unspecified atom stereocenters. The van der Waals surface area contributed by atoms with Crippen LogP contribution in [-0.4, -0.2) is 40.6 Å². The molecule has 10 heteroatoms. The summed E-state index contributed by atoms with van der Waals surface area (Å²) in [5.74, 6) is -0.231. The summed E-state index contributed by atoms with van der Waals surface area (Å²) >= 11 is 0. The number of rotatable bonds is 10. The third-order valence-corrected chi connectivity index (χ3v) is 11.5. The Labute approximate surface area is 383 Å². The first-order chi connectivity index (χ1) is 32.1. The van der Waals surface area contributed by atoms with E-state index in [4.69, 9.17) is 9.97 Å². The standard InChI is InChI=1S/2C28H24N4O/c2*1-19-5-10-25(23(16-19)17-21-11-13-29-14-12-21)28(33)30-24-8-6-22(7-9-24)26-18-32-15-3-4-20(2)27(32)31-26/h2*3-16,18H,17H2,1-2H3,(H,30,33). The third-order valence-electron chi connectivity index (χ3n) is 11.5. The quantitative estimate of drug-likeness (QED) is 0.141. The van der Waals surface area contributed by atoms with E-state index < -0.39 is 0 Å². The van der Waals surface area contributed by atoms with Gasteiger partial charge in [0.1, 0.15) is 11.3 Å². The Morgan fingerprint density at radius 2 is 0.879 bits per heavy atom. The number of pyridine rings is 4. The van der Waals surface area contributed by atoms with E-state index in [1.54, 1.807) is 24.8 Å². The second-order valence-electron chi connectivity index (χ2n) is 16.5. The molecule has 0 atom stereocenters. The topological polar surface area (TPSA) is 119 Å². The summed E-state index contributed by atoms with van der Waals surface area (Å²) in [5.41, 5.74) is 17.3. The summed E-state index contributed by atoms with van der Waals surface area (Å²) in [6, 6.07) is 43.5. The minimum Gasteiger partial charge on any atom is -0.322 e. The average Bonchev–Trinajstić information content (AvgIpc) is 3.98. The Morgan fingerprint density at radius 1 is 0.485 bits per heavy atom. The number of imidazole rings is 2. The van der Waals surface area contributed by atoms with Crippen LogP contribution in [0.1, 0.15) is 65.2 Å². The fourth-order valence-electron chi connectivity index (χ4n) is 8.05. The number of carbonyl (C=O) groups is 2. The summed E-state index contributed by atoms with van der Waals surface area (Å²) in [6.07, 6.45) is 16.5. The van der Waals surface area contributed by atoms with Crippen LogP contribution < -0.4 is 10.6 Å². The van der Waals surface area contributed by atoms with E-state index in [1.165, 1.54) is 0 Å². The zero-order valence-electron chi connectivity index (χ0n) is 37.2. The largest absolute Gasteiger partial charge is 0.322 e. The van der Waals surface area contributed by atoms with Crippen molar-refractivity contribution >= 4 is 34.5 Å². The first kappa shape index (κ1) is 42.8. The van der Waals surface area contributed by atoms with E-state index in [0.29, 0.717) is 24.0 Å². The van der Waals surface area contributed by atoms with Crippen molar-refractivity contribution in [2.75, 3.05) is 10.6 Å². The zero-order chi connectivity index (χ0) is 45.6. The van der Waals surface area contributed by atoms with Crippen molar-refractivity contribution in [3.8, 4) is 22.5 Å². The van der Waals surface area contributed by atoms with Gasteiger partial charge < -0.3 is 19.4 Å². The van der Waals surface area contributed by atoms with Gasteiger partial charge in [-0.2, -0.15) is 0 Å². The Hall–Kier alpha value is -8.50. The highest BCUT2D eigenvalue weighted by Crippen LogP contribution is 2.26. The normalized spacial score (nSPS) is 11.0. The van der Waals surface area contributed by atoms with Crippen LogP contribution in [0.2, 0.25) is 0 Å². The number of carbonyl (C=O) groups excluding carboxylic acids is 2. The van der Waals surface area contributed by atoms with Crippen LogP contribution in [0.25, 0.3) is 33.8 Å². The number of nitrogens with zero attached hydrogens (tertiary/aromatic N) is 6. The number of anilines is 2. The second kappa shape index (κ2) is 19.1. The van der Waals surface area contributed by atoms with Crippen LogP contribution in [0.15, 0.2) is 183 Å². The van der Waals surface area contributed by atoms with Gasteiger partial charge >= 0.3 is 0 Å². The highest BCUT2D eigenvalue weighted by molar-refractivity contribution is 6.06. The minimum absolute atomic E-state index is 0.116. The number of aromatic nitrogens is 6. The monoisotopic (exact) mass is 864 g/mol. The van der Waals surface area contributed by atoms with Gasteiger partial charge in [-0.3, -0.25) is 19.6 Å². The number of fused-ring (bicyclic) bond motifs is 2. The summed E-state index contributed by atoms with van der Waals surface area (Å²) in [7, 11) is 0. The maximum atomic E-state index is 13.1. The summed E-state index contributed by atoms with van der Waals surface area (Å²) in [5, 5.41) is 6.08. The maximum Gasteiger partial charge on any atom is 0.255 e. The van der Waals surface area contributed by atoms with E-state index in [-0.39, 0.29) is 11.8 Å². The molecule has 0 aliphatic carbocycles. The van der Waals surface area contributed by atoms with Crippen molar-refractivity contribution in [3.05, 3.63) is 239 Å².